The lowest BCUT2D eigenvalue weighted by molar-refractivity contribution is -1.07. The smallest absolute Gasteiger partial charge is 0.214 e. The predicted octanol–water partition coefficient (Wildman–Crippen LogP) is -0.574. The summed E-state index contributed by atoms with van der Waals surface area (Å²) in [5.41, 5.74) is 1.84. The fourth-order valence-corrected chi connectivity index (χ4v) is 1.62. The molecule has 0 saturated carbocycles. The largest absolute Gasteiger partial charge is 0.589 e. The van der Waals surface area contributed by atoms with Gasteiger partial charge in [-0.2, -0.15) is 9.88 Å². The highest BCUT2D eigenvalue weighted by Gasteiger charge is 2.15. The Hall–Kier alpha value is -2.14. The van der Waals surface area contributed by atoms with Gasteiger partial charge in [-0.1, -0.05) is 0 Å². The van der Waals surface area contributed by atoms with Gasteiger partial charge in [0.15, 0.2) is 5.69 Å². The maximum Gasteiger partial charge on any atom is 0.214 e. The van der Waals surface area contributed by atoms with E-state index in [0.717, 1.165) is 5.56 Å². The number of hydrogen-bond donors (Lipinski definition) is 2. The van der Waals surface area contributed by atoms with Gasteiger partial charge >= 0.3 is 0 Å². The average Bonchev–Trinajstić information content (AvgIpc) is 2.33. The third kappa shape index (κ3) is 3.93. The van der Waals surface area contributed by atoms with Crippen LogP contribution in [0.15, 0.2) is 22.8 Å². The summed E-state index contributed by atoms with van der Waals surface area (Å²) in [6.45, 7) is 3.13. The van der Waals surface area contributed by atoms with E-state index in [1.54, 1.807) is 19.9 Å². The van der Waals surface area contributed by atoms with Crippen LogP contribution in [0, 0.1) is 34.1 Å². The van der Waals surface area contributed by atoms with E-state index >= 15 is 0 Å². The number of rotatable bonds is 7. The molecule has 0 saturated heterocycles. The molecule has 2 N–H and O–H groups in total. The van der Waals surface area contributed by atoms with E-state index in [2.05, 4.69) is 9.88 Å². The first-order chi connectivity index (χ1) is 8.99. The van der Waals surface area contributed by atoms with Crippen LogP contribution >= 0.6 is 0 Å². The van der Waals surface area contributed by atoms with Gasteiger partial charge in [0.2, 0.25) is 10.7 Å². The molecule has 2 unspecified atom stereocenters. The summed E-state index contributed by atoms with van der Waals surface area (Å²) in [4.78, 5) is 27.6. The quantitative estimate of drug-likeness (QED) is 0.504. The van der Waals surface area contributed by atoms with Crippen molar-refractivity contribution in [1.82, 2.24) is 0 Å². The lowest BCUT2D eigenvalue weighted by atomic mass is 10.0. The number of hydrogen-bond acceptors (Lipinski definition) is 8. The summed E-state index contributed by atoms with van der Waals surface area (Å²) in [5.74, 6) is 0. The van der Waals surface area contributed by atoms with Gasteiger partial charge in [0.25, 0.3) is 0 Å². The molecule has 0 bridgehead atoms. The van der Waals surface area contributed by atoms with Crippen molar-refractivity contribution in [1.29, 1.82) is 0 Å². The van der Waals surface area contributed by atoms with Crippen molar-refractivity contribution in [2.75, 3.05) is 0 Å². The number of benzene rings is 1. The van der Waals surface area contributed by atoms with Crippen LogP contribution in [0.25, 0.3) is 0 Å². The van der Waals surface area contributed by atoms with Crippen molar-refractivity contribution in [2.24, 2.45) is 10.7 Å². The molecular formula is C9H12N4O6. The fraction of sp³-hybridized carbons (Fsp3) is 0.333. The number of nitrogens with one attached hydrogen (secondary N) is 2. The summed E-state index contributed by atoms with van der Waals surface area (Å²) in [6, 6.07) is 3.02. The molecule has 0 fully saturated rings. The molecule has 0 radical (unpaired) electrons. The zero-order valence-electron chi connectivity index (χ0n) is 10.2. The first kappa shape index (κ1) is 14.9. The number of nitrogens with zero attached hydrogens (tertiary/aromatic N) is 2. The predicted molar refractivity (Wildman–Crippen MR) is 61.7 cm³/mol. The van der Waals surface area contributed by atoms with E-state index in [1.807, 2.05) is 10.7 Å². The SMILES string of the molecule is Cc1cc(C)c([NH+]([O-])ON=O)cc1C[NH+]([O-])ON=O. The van der Waals surface area contributed by atoms with E-state index in [0.29, 0.717) is 11.1 Å². The topological polar surface area (TPSA) is 132 Å². The minimum atomic E-state index is -0.921. The van der Waals surface area contributed by atoms with Crippen molar-refractivity contribution >= 4 is 5.69 Å². The van der Waals surface area contributed by atoms with Crippen molar-refractivity contribution in [2.45, 2.75) is 20.4 Å². The Labute approximate surface area is 107 Å². The molecule has 0 aliphatic carbocycles. The molecule has 10 heteroatoms. The van der Waals surface area contributed by atoms with Crippen molar-refractivity contribution < 1.29 is 20.3 Å². The monoisotopic (exact) mass is 272 g/mol. The fourth-order valence-electron chi connectivity index (χ4n) is 1.62. The lowest BCUT2D eigenvalue weighted by Gasteiger charge is -2.19. The maximum absolute atomic E-state index is 11.4. The van der Waals surface area contributed by atoms with Crippen molar-refractivity contribution in [3.63, 3.8) is 0 Å². The van der Waals surface area contributed by atoms with E-state index < -0.39 is 10.5 Å². The average molecular weight is 272 g/mol. The second-order valence-corrected chi connectivity index (χ2v) is 3.76. The van der Waals surface area contributed by atoms with E-state index in [9.17, 15) is 20.2 Å². The van der Waals surface area contributed by atoms with Crippen LogP contribution in [-0.4, -0.2) is 0 Å². The molecule has 0 amide bonds. The maximum atomic E-state index is 11.4. The molecule has 1 aromatic rings. The van der Waals surface area contributed by atoms with Crippen LogP contribution in [0.1, 0.15) is 16.7 Å². The number of hydroxylamine groups is 2. The van der Waals surface area contributed by atoms with Crippen LogP contribution < -0.4 is 10.5 Å². The normalized spacial score (nSPS) is 13.5. The molecule has 0 aromatic heterocycles. The van der Waals surface area contributed by atoms with Gasteiger partial charge < -0.3 is 10.4 Å². The van der Waals surface area contributed by atoms with Crippen LogP contribution in [0.2, 0.25) is 0 Å². The van der Waals surface area contributed by atoms with Gasteiger partial charge in [-0.05, 0) is 25.5 Å². The van der Waals surface area contributed by atoms with Crippen molar-refractivity contribution in [3.8, 4) is 0 Å². The Morgan fingerprint density at radius 2 is 1.74 bits per heavy atom. The Morgan fingerprint density at radius 1 is 1.11 bits per heavy atom. The zero-order valence-corrected chi connectivity index (χ0v) is 10.2. The van der Waals surface area contributed by atoms with Gasteiger partial charge in [0.1, 0.15) is 6.54 Å². The molecule has 19 heavy (non-hydrogen) atoms. The lowest BCUT2D eigenvalue weighted by Crippen LogP contribution is -3.04. The van der Waals surface area contributed by atoms with Gasteiger partial charge in [0.05, 0.1) is 0 Å². The molecule has 1 aromatic carbocycles. The van der Waals surface area contributed by atoms with Crippen LogP contribution in [0.5, 0.6) is 0 Å². The van der Waals surface area contributed by atoms with Gasteiger partial charge in [-0.25, -0.2) is 0 Å². The summed E-state index contributed by atoms with van der Waals surface area (Å²) >= 11 is 0. The minimum Gasteiger partial charge on any atom is -0.589 e. The van der Waals surface area contributed by atoms with Crippen LogP contribution in [-0.2, 0) is 16.4 Å². The molecule has 0 spiro atoms. The molecule has 0 aliphatic heterocycles. The summed E-state index contributed by atoms with van der Waals surface area (Å²) < 4.78 is 0. The highest BCUT2D eigenvalue weighted by Crippen LogP contribution is 2.17. The first-order valence-electron chi connectivity index (χ1n) is 5.16. The molecule has 2 atom stereocenters. The summed E-state index contributed by atoms with van der Waals surface area (Å²) in [5, 5.41) is 24.9. The molecule has 1 rings (SSSR count). The standard InChI is InChI=1S/C9H12N4O6/c1-6-3-7(2)9(13(17)19-11-15)4-8(6)5-12(16)18-10-14/h3-4,12-13H,5H2,1-2H3. The van der Waals surface area contributed by atoms with Crippen LogP contribution in [0.3, 0.4) is 0 Å². The second-order valence-electron chi connectivity index (χ2n) is 3.76. The number of aryl methyl sites for hydroxylation is 2. The third-order valence-electron chi connectivity index (χ3n) is 2.50. The van der Waals surface area contributed by atoms with Gasteiger partial charge in [-0.15, -0.1) is 20.3 Å². The molecule has 0 aliphatic rings. The second kappa shape index (κ2) is 6.70. The van der Waals surface area contributed by atoms with Gasteiger partial charge in [-0.3, -0.25) is 0 Å². The van der Waals surface area contributed by atoms with Crippen LogP contribution in [0.4, 0.5) is 5.69 Å². The Bertz CT molecular complexity index is 468. The molecule has 0 heterocycles. The Morgan fingerprint density at radius 3 is 2.32 bits per heavy atom. The Kier molecular flexibility index (Phi) is 5.26. The molecular weight excluding hydrogens is 260 g/mol. The summed E-state index contributed by atoms with van der Waals surface area (Å²) in [7, 11) is 0. The number of quaternary nitrogens is 2. The minimum absolute atomic E-state index is 0.104. The zero-order chi connectivity index (χ0) is 14.4. The van der Waals surface area contributed by atoms with E-state index in [4.69, 9.17) is 0 Å². The Balaban J connectivity index is 3.01. The third-order valence-corrected chi connectivity index (χ3v) is 2.50. The van der Waals surface area contributed by atoms with E-state index in [1.165, 1.54) is 6.07 Å². The molecule has 10 nitrogen and oxygen atoms in total. The molecule has 104 valence electrons. The van der Waals surface area contributed by atoms with E-state index in [-0.39, 0.29) is 12.2 Å². The first-order valence-corrected chi connectivity index (χ1v) is 5.16. The summed E-state index contributed by atoms with van der Waals surface area (Å²) in [6.07, 6.45) is 0. The van der Waals surface area contributed by atoms with Gasteiger partial charge in [0, 0.05) is 17.2 Å². The van der Waals surface area contributed by atoms with Crippen molar-refractivity contribution in [3.05, 3.63) is 49.1 Å². The highest BCUT2D eigenvalue weighted by atomic mass is 17.0. The highest BCUT2D eigenvalue weighted by molar-refractivity contribution is 5.45.